The summed E-state index contributed by atoms with van der Waals surface area (Å²) < 4.78 is 0.826. The van der Waals surface area contributed by atoms with Crippen LogP contribution in [0.5, 0.6) is 0 Å². The summed E-state index contributed by atoms with van der Waals surface area (Å²) in [4.78, 5) is 33.5. The first-order chi connectivity index (χ1) is 17.5. The van der Waals surface area contributed by atoms with Crippen molar-refractivity contribution in [3.63, 3.8) is 0 Å². The Kier molecular flexibility index (Phi) is 7.06. The van der Waals surface area contributed by atoms with E-state index in [1.54, 1.807) is 16.0 Å². The monoisotopic (exact) mass is 563 g/mol. The molecule has 1 aromatic heterocycles. The second-order valence-corrected chi connectivity index (χ2v) is 9.70. The predicted octanol–water partition coefficient (Wildman–Crippen LogP) is 6.38. The van der Waals surface area contributed by atoms with Crippen LogP contribution in [-0.2, 0) is 0 Å². The van der Waals surface area contributed by atoms with Gasteiger partial charge in [0.1, 0.15) is 0 Å². The van der Waals surface area contributed by atoms with Crippen molar-refractivity contribution < 1.29 is 9.59 Å². The van der Waals surface area contributed by atoms with E-state index in [2.05, 4.69) is 31.5 Å². The van der Waals surface area contributed by atoms with Gasteiger partial charge in [-0.1, -0.05) is 23.7 Å². The number of nitrogens with zero attached hydrogens (tertiary/aromatic N) is 3. The van der Waals surface area contributed by atoms with Crippen molar-refractivity contribution in [2.24, 2.45) is 0 Å². The third-order valence-electron chi connectivity index (χ3n) is 6.09. The quantitative estimate of drug-likeness (QED) is 0.301. The number of hydrogen-bond acceptors (Lipinski definition) is 4. The zero-order valence-electron chi connectivity index (χ0n) is 19.2. The van der Waals surface area contributed by atoms with Gasteiger partial charge in [-0.3, -0.25) is 9.78 Å². The van der Waals surface area contributed by atoms with Crippen molar-refractivity contribution in [1.29, 1.82) is 0 Å². The summed E-state index contributed by atoms with van der Waals surface area (Å²) in [5, 5.41) is 7.91. The molecular weight excluding hydrogens is 542 g/mol. The Morgan fingerprint density at radius 1 is 0.861 bits per heavy atom. The highest BCUT2D eigenvalue weighted by Gasteiger charge is 2.25. The highest BCUT2D eigenvalue weighted by molar-refractivity contribution is 9.10. The third-order valence-corrected chi connectivity index (χ3v) is 7.01. The van der Waals surface area contributed by atoms with Crippen LogP contribution < -0.4 is 10.6 Å². The van der Waals surface area contributed by atoms with Crippen LogP contribution in [0.2, 0.25) is 5.02 Å². The predicted molar refractivity (Wildman–Crippen MR) is 147 cm³/mol. The minimum Gasteiger partial charge on any atom is -0.355 e. The van der Waals surface area contributed by atoms with Gasteiger partial charge in [0.05, 0.1) is 11.2 Å². The standard InChI is InChI=1S/C27H23BrClN5O2/c28-22-3-1-2-4-24(22)32-27(36)34-15-13-33(14-16-34)26(35)18-5-8-20(9-6-18)31-23-11-12-30-25-17-19(29)7-10-21(23)25/h1-12,17H,13-16H2,(H,30,31)(H,32,36). The molecule has 0 atom stereocenters. The molecule has 0 aliphatic carbocycles. The maximum atomic E-state index is 13.0. The average molecular weight is 565 g/mol. The van der Waals surface area contributed by atoms with Gasteiger partial charge in [-0.05, 0) is 76.6 Å². The molecule has 2 heterocycles. The molecule has 3 amide bonds. The lowest BCUT2D eigenvalue weighted by molar-refractivity contribution is 0.0671. The van der Waals surface area contributed by atoms with E-state index in [-0.39, 0.29) is 11.9 Å². The van der Waals surface area contributed by atoms with Crippen LogP contribution in [0.25, 0.3) is 10.9 Å². The fourth-order valence-electron chi connectivity index (χ4n) is 4.13. The number of hydrogen-bond donors (Lipinski definition) is 2. The van der Waals surface area contributed by atoms with Gasteiger partial charge in [0.25, 0.3) is 5.91 Å². The normalized spacial score (nSPS) is 13.5. The number of fused-ring (bicyclic) bond motifs is 1. The van der Waals surface area contributed by atoms with Crippen molar-refractivity contribution in [3.8, 4) is 0 Å². The lowest BCUT2D eigenvalue weighted by Crippen LogP contribution is -2.51. The number of urea groups is 1. The fourth-order valence-corrected chi connectivity index (χ4v) is 4.68. The van der Waals surface area contributed by atoms with Gasteiger partial charge in [-0.25, -0.2) is 4.79 Å². The maximum Gasteiger partial charge on any atom is 0.321 e. The zero-order valence-corrected chi connectivity index (χ0v) is 21.6. The number of amides is 3. The van der Waals surface area contributed by atoms with E-state index < -0.39 is 0 Å². The van der Waals surface area contributed by atoms with Gasteiger partial charge >= 0.3 is 6.03 Å². The number of rotatable bonds is 4. The Balaban J connectivity index is 1.19. The lowest BCUT2D eigenvalue weighted by atomic mass is 10.1. The minimum atomic E-state index is -0.171. The second kappa shape index (κ2) is 10.6. The Hall–Kier alpha value is -3.62. The first kappa shape index (κ1) is 24.1. The summed E-state index contributed by atoms with van der Waals surface area (Å²) in [7, 11) is 0. The molecule has 0 unspecified atom stereocenters. The highest BCUT2D eigenvalue weighted by Crippen LogP contribution is 2.27. The van der Waals surface area contributed by atoms with Gasteiger partial charge in [0, 0.05) is 64.2 Å². The first-order valence-corrected chi connectivity index (χ1v) is 12.7. The van der Waals surface area contributed by atoms with E-state index in [1.165, 1.54) is 0 Å². The van der Waals surface area contributed by atoms with Crippen LogP contribution in [-0.4, -0.2) is 52.9 Å². The summed E-state index contributed by atoms with van der Waals surface area (Å²) >= 11 is 9.53. The number of nitrogens with one attached hydrogen (secondary N) is 2. The summed E-state index contributed by atoms with van der Waals surface area (Å²) in [5.41, 5.74) is 3.91. The van der Waals surface area contributed by atoms with E-state index in [0.29, 0.717) is 36.8 Å². The number of carbonyl (C=O) groups excluding carboxylic acids is 2. The van der Waals surface area contributed by atoms with Gasteiger partial charge in [-0.15, -0.1) is 0 Å². The molecule has 9 heteroatoms. The van der Waals surface area contributed by atoms with Gasteiger partial charge < -0.3 is 20.4 Å². The van der Waals surface area contributed by atoms with Crippen molar-refractivity contribution in [2.75, 3.05) is 36.8 Å². The minimum absolute atomic E-state index is 0.0450. The number of halogens is 2. The van der Waals surface area contributed by atoms with Crippen molar-refractivity contribution in [2.45, 2.75) is 0 Å². The summed E-state index contributed by atoms with van der Waals surface area (Å²) in [6.45, 7) is 1.91. The molecule has 0 saturated carbocycles. The average Bonchev–Trinajstić information content (AvgIpc) is 2.90. The molecule has 0 spiro atoms. The van der Waals surface area contributed by atoms with Crippen LogP contribution in [0.15, 0.2) is 83.5 Å². The smallest absolute Gasteiger partial charge is 0.321 e. The largest absolute Gasteiger partial charge is 0.355 e. The number of anilines is 3. The second-order valence-electron chi connectivity index (χ2n) is 8.41. The molecule has 3 aromatic carbocycles. The molecule has 1 aliphatic rings. The van der Waals surface area contributed by atoms with Crippen LogP contribution in [0.4, 0.5) is 21.9 Å². The molecule has 2 N–H and O–H groups in total. The summed E-state index contributed by atoms with van der Waals surface area (Å²) in [6.07, 6.45) is 1.73. The van der Waals surface area contributed by atoms with E-state index in [4.69, 9.17) is 11.6 Å². The topological polar surface area (TPSA) is 77.6 Å². The summed E-state index contributed by atoms with van der Waals surface area (Å²) in [6, 6.07) is 22.2. The number of benzene rings is 3. The van der Waals surface area contributed by atoms with Gasteiger partial charge in [0.15, 0.2) is 0 Å². The van der Waals surface area contributed by atoms with Crippen LogP contribution >= 0.6 is 27.5 Å². The maximum absolute atomic E-state index is 13.0. The van der Waals surface area contributed by atoms with E-state index >= 15 is 0 Å². The molecule has 182 valence electrons. The Morgan fingerprint density at radius 3 is 2.33 bits per heavy atom. The molecule has 4 aromatic rings. The molecule has 5 rings (SSSR count). The molecule has 0 bridgehead atoms. The van der Waals surface area contributed by atoms with Crippen molar-refractivity contribution >= 4 is 67.4 Å². The summed E-state index contributed by atoms with van der Waals surface area (Å²) in [5.74, 6) is -0.0450. The van der Waals surface area contributed by atoms with Gasteiger partial charge in [-0.2, -0.15) is 0 Å². The van der Waals surface area contributed by atoms with Crippen LogP contribution in [0.3, 0.4) is 0 Å². The Labute approximate surface area is 222 Å². The van der Waals surface area contributed by atoms with Crippen molar-refractivity contribution in [1.82, 2.24) is 14.8 Å². The third kappa shape index (κ3) is 5.29. The number of carbonyl (C=O) groups is 2. The first-order valence-electron chi connectivity index (χ1n) is 11.5. The SMILES string of the molecule is O=C(Nc1ccccc1Br)N1CCN(C(=O)c2ccc(Nc3ccnc4cc(Cl)ccc34)cc2)CC1. The molecule has 36 heavy (non-hydrogen) atoms. The number of para-hydroxylation sites is 1. The van der Waals surface area contributed by atoms with E-state index in [1.807, 2.05) is 72.8 Å². The van der Waals surface area contributed by atoms with Crippen molar-refractivity contribution in [3.05, 3.63) is 94.1 Å². The number of aromatic nitrogens is 1. The highest BCUT2D eigenvalue weighted by atomic mass is 79.9. The Bertz CT molecular complexity index is 1420. The lowest BCUT2D eigenvalue weighted by Gasteiger charge is -2.34. The van der Waals surface area contributed by atoms with E-state index in [0.717, 1.165) is 32.4 Å². The molecule has 7 nitrogen and oxygen atoms in total. The fraction of sp³-hybridized carbons (Fsp3) is 0.148. The molecule has 1 saturated heterocycles. The number of piperazine rings is 1. The Morgan fingerprint density at radius 2 is 1.58 bits per heavy atom. The molecule has 1 fully saturated rings. The zero-order chi connectivity index (χ0) is 25.1. The molecule has 1 aliphatic heterocycles. The van der Waals surface area contributed by atoms with E-state index in [9.17, 15) is 9.59 Å². The molecular formula is C27H23BrClN5O2. The molecule has 0 radical (unpaired) electrons. The van der Waals surface area contributed by atoms with Gasteiger partial charge in [0.2, 0.25) is 0 Å². The van der Waals surface area contributed by atoms with Crippen LogP contribution in [0.1, 0.15) is 10.4 Å². The number of pyridine rings is 1. The van der Waals surface area contributed by atoms with Crippen LogP contribution in [0, 0.1) is 0 Å².